The number of rotatable bonds is 11. The third kappa shape index (κ3) is 7.59. The molecule has 1 atom stereocenters. The molecule has 1 fully saturated rings. The summed E-state index contributed by atoms with van der Waals surface area (Å²) in [5.41, 5.74) is 1.94. The van der Waals surface area contributed by atoms with Gasteiger partial charge in [-0.15, -0.1) is 0 Å². The summed E-state index contributed by atoms with van der Waals surface area (Å²) in [6.45, 7) is 3.12. The van der Waals surface area contributed by atoms with Crippen molar-refractivity contribution in [3.05, 3.63) is 88.9 Å². The summed E-state index contributed by atoms with van der Waals surface area (Å²) < 4.78 is 34.3. The van der Waals surface area contributed by atoms with Gasteiger partial charge in [0, 0.05) is 23.7 Å². The van der Waals surface area contributed by atoms with Gasteiger partial charge >= 0.3 is 0 Å². The van der Waals surface area contributed by atoms with E-state index in [1.54, 1.807) is 67.6 Å². The van der Waals surface area contributed by atoms with E-state index in [1.807, 2.05) is 6.92 Å². The summed E-state index contributed by atoms with van der Waals surface area (Å²) in [5.74, 6) is -0.345. The van der Waals surface area contributed by atoms with Crippen molar-refractivity contribution < 1.29 is 22.7 Å². The molecule has 3 aromatic rings. The van der Waals surface area contributed by atoms with Crippen LogP contribution in [0.2, 0.25) is 5.02 Å². The fraction of sp³-hybridized carbons (Fsp3) is 0.355. The van der Waals surface area contributed by atoms with Crippen LogP contribution in [0, 0.1) is 6.92 Å². The number of nitrogens with zero attached hydrogens (tertiary/aromatic N) is 2. The molecule has 41 heavy (non-hydrogen) atoms. The SMILES string of the molecule is COc1cccc(N(CC(=O)N(Cc2ccc(Cl)cc2)[C@@H](C)C(=O)NC2CCCC2)S(=O)(=O)c2ccc(C)cc2)c1. The van der Waals surface area contributed by atoms with Crippen LogP contribution in [0.15, 0.2) is 77.7 Å². The number of nitrogens with one attached hydrogen (secondary N) is 1. The average Bonchev–Trinajstić information content (AvgIpc) is 3.48. The predicted octanol–water partition coefficient (Wildman–Crippen LogP) is 5.33. The second-order valence-electron chi connectivity index (χ2n) is 10.3. The molecule has 0 spiro atoms. The summed E-state index contributed by atoms with van der Waals surface area (Å²) in [4.78, 5) is 28.8. The molecule has 1 aliphatic carbocycles. The molecule has 1 aliphatic rings. The molecule has 3 aromatic carbocycles. The average molecular weight is 598 g/mol. The van der Waals surface area contributed by atoms with Crippen molar-refractivity contribution in [1.29, 1.82) is 0 Å². The van der Waals surface area contributed by atoms with Gasteiger partial charge in [0.15, 0.2) is 0 Å². The van der Waals surface area contributed by atoms with E-state index in [0.29, 0.717) is 10.8 Å². The number of ether oxygens (including phenoxy) is 1. The number of carbonyl (C=O) groups is 2. The topological polar surface area (TPSA) is 96.0 Å². The molecule has 1 saturated carbocycles. The van der Waals surface area contributed by atoms with Crippen molar-refractivity contribution in [3.63, 3.8) is 0 Å². The molecular weight excluding hydrogens is 562 g/mol. The molecule has 218 valence electrons. The van der Waals surface area contributed by atoms with E-state index < -0.39 is 28.5 Å². The lowest BCUT2D eigenvalue weighted by Gasteiger charge is -2.32. The monoisotopic (exact) mass is 597 g/mol. The van der Waals surface area contributed by atoms with E-state index in [1.165, 1.54) is 24.1 Å². The molecule has 0 saturated heterocycles. The molecule has 0 aromatic heterocycles. The van der Waals surface area contributed by atoms with Gasteiger partial charge in [-0.05, 0) is 68.7 Å². The molecule has 1 N–H and O–H groups in total. The maximum absolute atomic E-state index is 14.1. The van der Waals surface area contributed by atoms with Crippen LogP contribution < -0.4 is 14.4 Å². The van der Waals surface area contributed by atoms with Crippen LogP contribution in [-0.2, 0) is 26.2 Å². The highest BCUT2D eigenvalue weighted by atomic mass is 35.5. The van der Waals surface area contributed by atoms with Crippen molar-refractivity contribution in [3.8, 4) is 5.75 Å². The Labute approximate surface area is 247 Å². The summed E-state index contributed by atoms with van der Waals surface area (Å²) in [6, 6.07) is 19.2. The minimum atomic E-state index is -4.16. The van der Waals surface area contributed by atoms with Gasteiger partial charge in [0.25, 0.3) is 10.0 Å². The second kappa shape index (κ2) is 13.4. The van der Waals surface area contributed by atoms with E-state index >= 15 is 0 Å². The smallest absolute Gasteiger partial charge is 0.264 e. The highest BCUT2D eigenvalue weighted by Gasteiger charge is 2.33. The van der Waals surface area contributed by atoms with Gasteiger partial charge in [0.1, 0.15) is 18.3 Å². The van der Waals surface area contributed by atoms with Gasteiger partial charge in [0.05, 0.1) is 17.7 Å². The normalized spacial score (nSPS) is 14.3. The molecule has 2 amide bonds. The van der Waals surface area contributed by atoms with Gasteiger partial charge in [0.2, 0.25) is 11.8 Å². The van der Waals surface area contributed by atoms with E-state index in [0.717, 1.165) is 41.1 Å². The number of hydrogen-bond donors (Lipinski definition) is 1. The van der Waals surface area contributed by atoms with Crippen molar-refractivity contribution in [2.45, 2.75) is 63.1 Å². The molecular formula is C31H36ClN3O5S. The Morgan fingerprint density at radius 2 is 1.68 bits per heavy atom. The number of amides is 2. The first-order chi connectivity index (χ1) is 19.6. The molecule has 0 unspecified atom stereocenters. The van der Waals surface area contributed by atoms with Crippen LogP contribution in [0.3, 0.4) is 0 Å². The van der Waals surface area contributed by atoms with Crippen molar-refractivity contribution in [2.24, 2.45) is 0 Å². The summed E-state index contributed by atoms with van der Waals surface area (Å²) in [7, 11) is -2.67. The molecule has 0 radical (unpaired) electrons. The Morgan fingerprint density at radius 3 is 2.32 bits per heavy atom. The van der Waals surface area contributed by atoms with Crippen LogP contribution in [0.1, 0.15) is 43.7 Å². The van der Waals surface area contributed by atoms with Crippen molar-refractivity contribution >= 4 is 39.1 Å². The summed E-state index contributed by atoms with van der Waals surface area (Å²) in [5, 5.41) is 3.62. The molecule has 0 aliphatic heterocycles. The van der Waals surface area contributed by atoms with Gasteiger partial charge in [-0.1, -0.05) is 60.3 Å². The first-order valence-corrected chi connectivity index (χ1v) is 15.5. The number of aryl methyl sites for hydroxylation is 1. The third-order valence-corrected chi connectivity index (χ3v) is 9.40. The van der Waals surface area contributed by atoms with Crippen LogP contribution >= 0.6 is 11.6 Å². The van der Waals surface area contributed by atoms with E-state index in [9.17, 15) is 18.0 Å². The molecule has 8 nitrogen and oxygen atoms in total. The number of halogens is 1. The number of carbonyl (C=O) groups excluding carboxylic acids is 2. The summed E-state index contributed by atoms with van der Waals surface area (Å²) in [6.07, 6.45) is 3.92. The van der Waals surface area contributed by atoms with E-state index in [4.69, 9.17) is 16.3 Å². The molecule has 4 rings (SSSR count). The molecule has 0 bridgehead atoms. The first-order valence-electron chi connectivity index (χ1n) is 13.7. The Balaban J connectivity index is 1.69. The zero-order chi connectivity index (χ0) is 29.6. The Hall–Kier alpha value is -3.56. The van der Waals surface area contributed by atoms with Gasteiger partial charge in [-0.25, -0.2) is 8.42 Å². The maximum atomic E-state index is 14.1. The zero-order valence-electron chi connectivity index (χ0n) is 23.5. The van der Waals surface area contributed by atoms with Gasteiger partial charge in [-0.2, -0.15) is 0 Å². The minimum Gasteiger partial charge on any atom is -0.497 e. The lowest BCUT2D eigenvalue weighted by molar-refractivity contribution is -0.139. The van der Waals surface area contributed by atoms with E-state index in [2.05, 4.69) is 5.32 Å². The maximum Gasteiger partial charge on any atom is 0.264 e. The van der Waals surface area contributed by atoms with Gasteiger partial charge < -0.3 is 15.0 Å². The standard InChI is InChI=1S/C31H36ClN3O5S/c1-22-11-17-29(18-12-22)41(38,39)35(27-9-6-10-28(19-27)40-3)21-30(36)34(20-24-13-15-25(32)16-14-24)23(2)31(37)33-26-7-4-5-8-26/h6,9-19,23,26H,4-5,7-8,20-21H2,1-3H3,(H,33,37)/t23-/m0/s1. The Bertz CT molecular complexity index is 1460. The minimum absolute atomic E-state index is 0.0509. The number of hydrogen-bond acceptors (Lipinski definition) is 5. The Kier molecular flexibility index (Phi) is 9.94. The van der Waals surface area contributed by atoms with Crippen LogP contribution in [0.25, 0.3) is 0 Å². The first kappa shape index (κ1) is 30.4. The third-order valence-electron chi connectivity index (χ3n) is 7.36. The quantitative estimate of drug-likeness (QED) is 0.322. The zero-order valence-corrected chi connectivity index (χ0v) is 25.1. The number of sulfonamides is 1. The summed E-state index contributed by atoms with van der Waals surface area (Å²) >= 11 is 6.07. The number of methoxy groups -OCH3 is 1. The largest absolute Gasteiger partial charge is 0.497 e. The number of anilines is 1. The second-order valence-corrected chi connectivity index (χ2v) is 12.6. The predicted molar refractivity (Wildman–Crippen MR) is 161 cm³/mol. The van der Waals surface area contributed by atoms with Crippen molar-refractivity contribution in [1.82, 2.24) is 10.2 Å². The Morgan fingerprint density at radius 1 is 1.02 bits per heavy atom. The van der Waals surface area contributed by atoms with Crippen LogP contribution in [0.5, 0.6) is 5.75 Å². The van der Waals surface area contributed by atoms with Crippen LogP contribution in [0.4, 0.5) is 5.69 Å². The van der Waals surface area contributed by atoms with Gasteiger partial charge in [-0.3, -0.25) is 13.9 Å². The lowest BCUT2D eigenvalue weighted by atomic mass is 10.1. The van der Waals surface area contributed by atoms with Crippen LogP contribution in [-0.4, -0.2) is 50.9 Å². The highest BCUT2D eigenvalue weighted by molar-refractivity contribution is 7.92. The molecule has 0 heterocycles. The fourth-order valence-electron chi connectivity index (χ4n) is 4.89. The number of benzene rings is 3. The highest BCUT2D eigenvalue weighted by Crippen LogP contribution is 2.28. The van der Waals surface area contributed by atoms with Crippen molar-refractivity contribution in [2.75, 3.05) is 18.0 Å². The fourth-order valence-corrected chi connectivity index (χ4v) is 6.42. The van der Waals surface area contributed by atoms with E-state index in [-0.39, 0.29) is 29.1 Å². The lowest BCUT2D eigenvalue weighted by Crippen LogP contribution is -2.52. The molecule has 10 heteroatoms.